The third kappa shape index (κ3) is 4.05. The molecule has 0 radical (unpaired) electrons. The topological polar surface area (TPSA) is 52.6 Å². The Bertz CT molecular complexity index is 565. The van der Waals surface area contributed by atoms with E-state index in [9.17, 15) is 8.42 Å². The lowest BCUT2D eigenvalue weighted by Crippen LogP contribution is -2.48. The van der Waals surface area contributed by atoms with Crippen molar-refractivity contribution in [1.29, 1.82) is 0 Å². The van der Waals surface area contributed by atoms with Gasteiger partial charge in [-0.2, -0.15) is 0 Å². The van der Waals surface area contributed by atoms with E-state index in [4.69, 9.17) is 9.47 Å². The largest absolute Gasteiger partial charge is 0.350 e. The van der Waals surface area contributed by atoms with Gasteiger partial charge in [-0.05, 0) is 31.9 Å². The number of rotatable bonds is 4. The SMILES string of the molecule is C[C@@H]1COC(C)(C)O[C@@H]1[C@@H](C)CS(=O)(=O)c1ccccc1. The van der Waals surface area contributed by atoms with Gasteiger partial charge in [-0.25, -0.2) is 8.42 Å². The Morgan fingerprint density at radius 3 is 2.52 bits per heavy atom. The van der Waals surface area contributed by atoms with Crippen LogP contribution in [0.4, 0.5) is 0 Å². The lowest BCUT2D eigenvalue weighted by Gasteiger charge is -2.42. The zero-order valence-corrected chi connectivity index (χ0v) is 13.9. The molecule has 0 amide bonds. The van der Waals surface area contributed by atoms with Gasteiger partial charge in [0.1, 0.15) is 0 Å². The van der Waals surface area contributed by atoms with Crippen molar-refractivity contribution in [3.63, 3.8) is 0 Å². The first-order chi connectivity index (χ1) is 9.71. The van der Waals surface area contributed by atoms with Crippen molar-refractivity contribution in [3.05, 3.63) is 30.3 Å². The van der Waals surface area contributed by atoms with Gasteiger partial charge in [0, 0.05) is 5.92 Å². The van der Waals surface area contributed by atoms with Crippen molar-refractivity contribution in [2.24, 2.45) is 11.8 Å². The van der Waals surface area contributed by atoms with Crippen molar-refractivity contribution in [2.75, 3.05) is 12.4 Å². The van der Waals surface area contributed by atoms with Crippen LogP contribution < -0.4 is 0 Å². The minimum absolute atomic E-state index is 0.0854. The van der Waals surface area contributed by atoms with Crippen LogP contribution in [0.25, 0.3) is 0 Å². The minimum Gasteiger partial charge on any atom is -0.350 e. The maximum absolute atomic E-state index is 12.5. The lowest BCUT2D eigenvalue weighted by molar-refractivity contribution is -0.298. The van der Waals surface area contributed by atoms with Gasteiger partial charge in [0.15, 0.2) is 15.6 Å². The molecule has 0 spiro atoms. The van der Waals surface area contributed by atoms with Crippen LogP contribution in [0.3, 0.4) is 0 Å². The lowest BCUT2D eigenvalue weighted by atomic mass is 9.93. The first kappa shape index (κ1) is 16.5. The second-order valence-electron chi connectivity index (χ2n) is 6.34. The van der Waals surface area contributed by atoms with Crippen molar-refractivity contribution >= 4 is 9.84 Å². The summed E-state index contributed by atoms with van der Waals surface area (Å²) in [6.45, 7) is 8.29. The number of benzene rings is 1. The van der Waals surface area contributed by atoms with Gasteiger partial charge in [-0.15, -0.1) is 0 Å². The predicted octanol–water partition coefficient (Wildman–Crippen LogP) is 2.88. The molecule has 5 heteroatoms. The van der Waals surface area contributed by atoms with Crippen LogP contribution in [-0.2, 0) is 19.3 Å². The Morgan fingerprint density at radius 1 is 1.29 bits per heavy atom. The monoisotopic (exact) mass is 312 g/mol. The van der Waals surface area contributed by atoms with E-state index in [0.717, 1.165) is 0 Å². The standard InChI is InChI=1S/C16H24O4S/c1-12-10-19-16(3,4)20-15(12)13(2)11-21(17,18)14-8-6-5-7-9-14/h5-9,12-13,15H,10-11H2,1-4H3/t12-,13+,15+/m1/s1. The summed E-state index contributed by atoms with van der Waals surface area (Å²) in [5.41, 5.74) is 0. The van der Waals surface area contributed by atoms with E-state index in [1.807, 2.05) is 33.8 Å². The maximum atomic E-state index is 12.5. The molecule has 2 rings (SSSR count). The fourth-order valence-corrected chi connectivity index (χ4v) is 4.39. The molecule has 0 aliphatic carbocycles. The zero-order chi connectivity index (χ0) is 15.7. The van der Waals surface area contributed by atoms with Crippen molar-refractivity contribution in [2.45, 2.75) is 44.5 Å². The van der Waals surface area contributed by atoms with Gasteiger partial charge in [-0.3, -0.25) is 0 Å². The molecular weight excluding hydrogens is 288 g/mol. The number of hydrogen-bond donors (Lipinski definition) is 0. The molecule has 1 aromatic rings. The second-order valence-corrected chi connectivity index (χ2v) is 8.38. The maximum Gasteiger partial charge on any atom is 0.178 e. The summed E-state index contributed by atoms with van der Waals surface area (Å²) in [4.78, 5) is 0.371. The highest BCUT2D eigenvalue weighted by molar-refractivity contribution is 7.91. The van der Waals surface area contributed by atoms with Gasteiger partial charge in [0.05, 0.1) is 23.4 Å². The van der Waals surface area contributed by atoms with Gasteiger partial charge in [-0.1, -0.05) is 32.0 Å². The van der Waals surface area contributed by atoms with Crippen LogP contribution in [0.5, 0.6) is 0 Å². The van der Waals surface area contributed by atoms with E-state index < -0.39 is 15.6 Å². The number of ether oxygens (including phenoxy) is 2. The molecule has 0 unspecified atom stereocenters. The molecule has 1 saturated heterocycles. The highest BCUT2D eigenvalue weighted by Gasteiger charge is 2.38. The van der Waals surface area contributed by atoms with Crippen molar-refractivity contribution in [3.8, 4) is 0 Å². The van der Waals surface area contributed by atoms with Crippen LogP contribution in [-0.4, -0.2) is 32.7 Å². The minimum atomic E-state index is -3.29. The average Bonchev–Trinajstić information content (AvgIpc) is 2.42. The first-order valence-corrected chi connectivity index (χ1v) is 8.96. The summed E-state index contributed by atoms with van der Waals surface area (Å²) in [6, 6.07) is 8.58. The molecule has 1 aliphatic rings. The van der Waals surface area contributed by atoms with Crippen LogP contribution >= 0.6 is 0 Å². The molecule has 1 aliphatic heterocycles. The summed E-state index contributed by atoms with van der Waals surface area (Å²) >= 11 is 0. The van der Waals surface area contributed by atoms with Crippen LogP contribution in [0.2, 0.25) is 0 Å². The molecule has 1 fully saturated rings. The molecule has 118 valence electrons. The van der Waals surface area contributed by atoms with Crippen molar-refractivity contribution in [1.82, 2.24) is 0 Å². The van der Waals surface area contributed by atoms with Gasteiger partial charge in [0.2, 0.25) is 0 Å². The Balaban J connectivity index is 2.12. The van der Waals surface area contributed by atoms with Gasteiger partial charge >= 0.3 is 0 Å². The highest BCUT2D eigenvalue weighted by Crippen LogP contribution is 2.31. The summed E-state index contributed by atoms with van der Waals surface area (Å²) in [5, 5.41) is 0. The predicted molar refractivity (Wildman–Crippen MR) is 81.7 cm³/mol. The van der Waals surface area contributed by atoms with Gasteiger partial charge < -0.3 is 9.47 Å². The van der Waals surface area contributed by atoms with Crippen LogP contribution in [0.1, 0.15) is 27.7 Å². The second kappa shape index (κ2) is 6.07. The Labute approximate surface area is 127 Å². The third-order valence-electron chi connectivity index (χ3n) is 3.82. The van der Waals surface area contributed by atoms with Gasteiger partial charge in [0.25, 0.3) is 0 Å². The molecule has 4 nitrogen and oxygen atoms in total. The quantitative estimate of drug-likeness (QED) is 0.858. The zero-order valence-electron chi connectivity index (χ0n) is 13.1. The smallest absolute Gasteiger partial charge is 0.178 e. The molecule has 0 aromatic heterocycles. The normalized spacial score (nSPS) is 27.2. The molecule has 0 saturated carbocycles. The fourth-order valence-electron chi connectivity index (χ4n) is 2.75. The van der Waals surface area contributed by atoms with Crippen LogP contribution in [0.15, 0.2) is 35.2 Å². The van der Waals surface area contributed by atoms with E-state index in [1.54, 1.807) is 24.3 Å². The van der Waals surface area contributed by atoms with E-state index in [-0.39, 0.29) is 23.7 Å². The average molecular weight is 312 g/mol. The molecule has 1 heterocycles. The molecule has 3 atom stereocenters. The summed E-state index contributed by atoms with van der Waals surface area (Å²) < 4.78 is 36.5. The number of hydrogen-bond acceptors (Lipinski definition) is 4. The third-order valence-corrected chi connectivity index (χ3v) is 5.78. The van der Waals surface area contributed by atoms with Crippen molar-refractivity contribution < 1.29 is 17.9 Å². The summed E-state index contributed by atoms with van der Waals surface area (Å²) in [6.07, 6.45) is -0.118. The molecule has 21 heavy (non-hydrogen) atoms. The molecule has 0 bridgehead atoms. The Hall–Kier alpha value is -0.910. The Kier molecular flexibility index (Phi) is 4.76. The summed E-state index contributed by atoms with van der Waals surface area (Å²) in [7, 11) is -3.29. The van der Waals surface area contributed by atoms with E-state index in [1.165, 1.54) is 0 Å². The molecule has 0 N–H and O–H groups in total. The van der Waals surface area contributed by atoms with E-state index in [2.05, 4.69) is 0 Å². The molecule has 1 aromatic carbocycles. The molecular formula is C16H24O4S. The Morgan fingerprint density at radius 2 is 1.90 bits per heavy atom. The first-order valence-electron chi connectivity index (χ1n) is 7.31. The summed E-state index contributed by atoms with van der Waals surface area (Å²) in [5.74, 6) is -0.475. The number of sulfone groups is 1. The fraction of sp³-hybridized carbons (Fsp3) is 0.625. The van der Waals surface area contributed by atoms with E-state index >= 15 is 0 Å². The van der Waals surface area contributed by atoms with Crippen LogP contribution in [0, 0.1) is 11.8 Å². The van der Waals surface area contributed by atoms with E-state index in [0.29, 0.717) is 11.5 Å². The highest BCUT2D eigenvalue weighted by atomic mass is 32.2.